The van der Waals surface area contributed by atoms with Crippen LogP contribution in [0, 0.1) is 23.7 Å². The maximum Gasteiger partial charge on any atom is 0.410 e. The Kier molecular flexibility index (Phi) is 10.1. The van der Waals surface area contributed by atoms with Crippen molar-refractivity contribution in [1.82, 2.24) is 5.32 Å². The molecule has 7 heteroatoms. The lowest BCUT2D eigenvalue weighted by atomic mass is 9.81. The lowest BCUT2D eigenvalue weighted by Gasteiger charge is -2.27. The van der Waals surface area contributed by atoms with Crippen LogP contribution < -0.4 is 5.32 Å². The highest BCUT2D eigenvalue weighted by atomic mass is 16.7. The van der Waals surface area contributed by atoms with Gasteiger partial charge in [-0.15, -0.1) is 0 Å². The van der Waals surface area contributed by atoms with Gasteiger partial charge in [0.1, 0.15) is 0 Å². The molecule has 1 amide bonds. The van der Waals surface area contributed by atoms with E-state index >= 15 is 0 Å². The molecule has 0 aliphatic rings. The van der Waals surface area contributed by atoms with Crippen LogP contribution >= 0.6 is 0 Å². The number of amides is 1. The molecular formula is C17H31NO6. The Labute approximate surface area is 144 Å². The molecule has 140 valence electrons. The van der Waals surface area contributed by atoms with Crippen molar-refractivity contribution in [3.8, 4) is 0 Å². The first-order chi connectivity index (χ1) is 11.1. The summed E-state index contributed by atoms with van der Waals surface area (Å²) < 4.78 is 9.89. The Bertz CT molecular complexity index is 423. The number of nitrogens with one attached hydrogen (secondary N) is 1. The van der Waals surface area contributed by atoms with Crippen LogP contribution in [0.2, 0.25) is 0 Å². The lowest BCUT2D eigenvalue weighted by Crippen LogP contribution is -2.37. The Balaban J connectivity index is 4.49. The van der Waals surface area contributed by atoms with E-state index < -0.39 is 24.3 Å². The van der Waals surface area contributed by atoms with Gasteiger partial charge in [0.05, 0.1) is 12.3 Å². The first-order valence-electron chi connectivity index (χ1n) is 8.45. The van der Waals surface area contributed by atoms with Gasteiger partial charge < -0.3 is 19.9 Å². The maximum absolute atomic E-state index is 11.8. The van der Waals surface area contributed by atoms with Crippen molar-refractivity contribution < 1.29 is 29.0 Å². The number of carboxylic acid groups (broad SMARTS) is 1. The van der Waals surface area contributed by atoms with Gasteiger partial charge in [0.25, 0.3) is 0 Å². The summed E-state index contributed by atoms with van der Waals surface area (Å²) in [6, 6.07) is 0. The van der Waals surface area contributed by atoms with Crippen molar-refractivity contribution >= 4 is 18.0 Å². The summed E-state index contributed by atoms with van der Waals surface area (Å²) in [6.07, 6.45) is -0.816. The first kappa shape index (κ1) is 22.2. The molecule has 7 nitrogen and oxygen atoms in total. The molecule has 0 aliphatic heterocycles. The van der Waals surface area contributed by atoms with Gasteiger partial charge in [-0.2, -0.15) is 0 Å². The SMILES string of the molecule is CC[C@@H](C)[C@@H](C)[C@H](CNC(=O)O[C@H](C)OC(=O)C(C)C)CC(=O)O. The average molecular weight is 345 g/mol. The van der Waals surface area contributed by atoms with Gasteiger partial charge in [0.2, 0.25) is 6.29 Å². The zero-order chi connectivity index (χ0) is 18.9. The van der Waals surface area contributed by atoms with Crippen LogP contribution in [0.4, 0.5) is 4.79 Å². The molecule has 0 aromatic heterocycles. The minimum absolute atomic E-state index is 0.0241. The van der Waals surface area contributed by atoms with Crippen LogP contribution in [0.5, 0.6) is 0 Å². The summed E-state index contributed by atoms with van der Waals surface area (Å²) in [4.78, 5) is 34.2. The van der Waals surface area contributed by atoms with E-state index in [1.165, 1.54) is 6.92 Å². The second-order valence-corrected chi connectivity index (χ2v) is 6.55. The van der Waals surface area contributed by atoms with Crippen LogP contribution in [0.25, 0.3) is 0 Å². The highest BCUT2D eigenvalue weighted by Gasteiger charge is 2.25. The van der Waals surface area contributed by atoms with E-state index in [2.05, 4.69) is 12.2 Å². The zero-order valence-electron chi connectivity index (χ0n) is 15.5. The summed E-state index contributed by atoms with van der Waals surface area (Å²) in [6.45, 7) is 11.1. The fourth-order valence-electron chi connectivity index (χ4n) is 2.24. The molecule has 0 unspecified atom stereocenters. The fourth-order valence-corrected chi connectivity index (χ4v) is 2.24. The molecule has 0 saturated heterocycles. The molecular weight excluding hydrogens is 314 g/mol. The van der Waals surface area contributed by atoms with Gasteiger partial charge >= 0.3 is 18.0 Å². The predicted molar refractivity (Wildman–Crippen MR) is 89.2 cm³/mol. The monoisotopic (exact) mass is 345 g/mol. The molecule has 0 bridgehead atoms. The summed E-state index contributed by atoms with van der Waals surface area (Å²) in [5.74, 6) is -1.37. The van der Waals surface area contributed by atoms with E-state index in [9.17, 15) is 14.4 Å². The Morgan fingerprint density at radius 1 is 1.04 bits per heavy atom. The molecule has 24 heavy (non-hydrogen) atoms. The number of aliphatic carboxylic acids is 1. The van der Waals surface area contributed by atoms with E-state index in [1.807, 2.05) is 13.8 Å². The minimum atomic E-state index is -0.996. The van der Waals surface area contributed by atoms with Crippen molar-refractivity contribution in [3.05, 3.63) is 0 Å². The van der Waals surface area contributed by atoms with Crippen molar-refractivity contribution in [2.45, 2.75) is 60.7 Å². The number of hydrogen-bond acceptors (Lipinski definition) is 5. The smallest absolute Gasteiger partial charge is 0.410 e. The van der Waals surface area contributed by atoms with Gasteiger partial charge in [-0.05, 0) is 17.8 Å². The molecule has 0 aromatic carbocycles. The average Bonchev–Trinajstić information content (AvgIpc) is 2.49. The molecule has 0 saturated carbocycles. The number of carbonyl (C=O) groups is 3. The third kappa shape index (κ3) is 8.74. The van der Waals surface area contributed by atoms with Gasteiger partial charge in [-0.25, -0.2) is 4.79 Å². The van der Waals surface area contributed by atoms with Crippen molar-refractivity contribution in [3.63, 3.8) is 0 Å². The number of esters is 1. The summed E-state index contributed by atoms with van der Waals surface area (Å²) >= 11 is 0. The molecule has 4 atom stereocenters. The minimum Gasteiger partial charge on any atom is -0.481 e. The van der Waals surface area contributed by atoms with E-state index in [-0.39, 0.29) is 30.7 Å². The van der Waals surface area contributed by atoms with E-state index in [0.717, 1.165) is 6.42 Å². The van der Waals surface area contributed by atoms with E-state index in [1.54, 1.807) is 13.8 Å². The third-order valence-corrected chi connectivity index (χ3v) is 4.26. The summed E-state index contributed by atoms with van der Waals surface area (Å²) in [7, 11) is 0. The predicted octanol–water partition coefficient (Wildman–Crippen LogP) is 3.03. The molecule has 0 spiro atoms. The molecule has 2 N–H and O–H groups in total. The standard InChI is InChI=1S/C17H31NO6/c1-7-11(4)12(5)14(8-15(19)20)9-18-17(22)24-13(6)23-16(21)10(2)3/h10-14H,7-9H2,1-6H3,(H,18,22)(H,19,20)/t11-,12-,13-,14+/m1/s1. The number of carbonyl (C=O) groups excluding carboxylic acids is 2. The van der Waals surface area contributed by atoms with Gasteiger partial charge in [0, 0.05) is 13.5 Å². The van der Waals surface area contributed by atoms with E-state index in [4.69, 9.17) is 14.6 Å². The van der Waals surface area contributed by atoms with Crippen molar-refractivity contribution in [1.29, 1.82) is 0 Å². The molecule has 0 aromatic rings. The molecule has 0 aliphatic carbocycles. The number of alkyl carbamates (subject to hydrolysis) is 1. The lowest BCUT2D eigenvalue weighted by molar-refractivity contribution is -0.168. The van der Waals surface area contributed by atoms with Gasteiger partial charge in [-0.1, -0.05) is 41.0 Å². The third-order valence-electron chi connectivity index (χ3n) is 4.26. The molecule has 0 fully saturated rings. The summed E-state index contributed by atoms with van der Waals surface area (Å²) in [5, 5.41) is 11.6. The Morgan fingerprint density at radius 2 is 1.62 bits per heavy atom. The van der Waals surface area contributed by atoms with Gasteiger partial charge in [0.15, 0.2) is 0 Å². The quantitative estimate of drug-likeness (QED) is 0.466. The second kappa shape index (κ2) is 10.9. The van der Waals surface area contributed by atoms with Crippen LogP contribution in [-0.4, -0.2) is 36.0 Å². The fraction of sp³-hybridized carbons (Fsp3) is 0.824. The first-order valence-corrected chi connectivity index (χ1v) is 8.45. The Hall–Kier alpha value is -1.79. The Morgan fingerprint density at radius 3 is 2.08 bits per heavy atom. The van der Waals surface area contributed by atoms with Crippen LogP contribution in [0.15, 0.2) is 0 Å². The number of rotatable bonds is 10. The molecule has 0 heterocycles. The molecule has 0 radical (unpaired) electrons. The maximum atomic E-state index is 11.8. The normalized spacial score (nSPS) is 16.0. The highest BCUT2D eigenvalue weighted by molar-refractivity contribution is 5.72. The van der Waals surface area contributed by atoms with Gasteiger partial charge in [-0.3, -0.25) is 9.59 Å². The number of hydrogen-bond donors (Lipinski definition) is 2. The van der Waals surface area contributed by atoms with Crippen LogP contribution in [0.1, 0.15) is 54.4 Å². The highest BCUT2D eigenvalue weighted by Crippen LogP contribution is 2.25. The summed E-state index contributed by atoms with van der Waals surface area (Å²) in [5.41, 5.74) is 0. The zero-order valence-corrected chi connectivity index (χ0v) is 15.5. The van der Waals surface area contributed by atoms with Crippen LogP contribution in [-0.2, 0) is 19.1 Å². The van der Waals surface area contributed by atoms with Crippen molar-refractivity contribution in [2.75, 3.05) is 6.54 Å². The molecule has 0 rings (SSSR count). The van der Waals surface area contributed by atoms with Crippen molar-refractivity contribution in [2.24, 2.45) is 23.7 Å². The van der Waals surface area contributed by atoms with Crippen LogP contribution in [0.3, 0.4) is 0 Å². The second-order valence-electron chi connectivity index (χ2n) is 6.55. The number of carboxylic acids is 1. The largest absolute Gasteiger partial charge is 0.481 e. The number of ether oxygens (including phenoxy) is 2. The van der Waals surface area contributed by atoms with E-state index in [0.29, 0.717) is 5.92 Å². The topological polar surface area (TPSA) is 102 Å².